The third kappa shape index (κ3) is 2.96. The summed E-state index contributed by atoms with van der Waals surface area (Å²) in [6.45, 7) is 3.11. The van der Waals surface area contributed by atoms with Crippen molar-refractivity contribution in [2.24, 2.45) is 18.9 Å². The Balaban J connectivity index is 0.00000128. The van der Waals surface area contributed by atoms with Crippen molar-refractivity contribution in [3.8, 4) is 0 Å². The lowest BCUT2D eigenvalue weighted by Gasteiger charge is -2.13. The van der Waals surface area contributed by atoms with Crippen molar-refractivity contribution < 1.29 is 33.3 Å². The second-order valence-electron chi connectivity index (χ2n) is 4.62. The molecule has 2 unspecified atom stereocenters. The van der Waals surface area contributed by atoms with Crippen molar-refractivity contribution in [3.63, 3.8) is 0 Å². The lowest BCUT2D eigenvalue weighted by atomic mass is 10.3. The number of nitrogens with zero attached hydrogens (tertiary/aromatic N) is 3. The van der Waals surface area contributed by atoms with Gasteiger partial charge in [0.2, 0.25) is 0 Å². The summed E-state index contributed by atoms with van der Waals surface area (Å²) in [5.74, 6) is 1.50. The Morgan fingerprint density at radius 2 is 2.25 bits per heavy atom. The summed E-state index contributed by atoms with van der Waals surface area (Å²) in [7, 11) is 3.78. The largest absolute Gasteiger partial charge is 1.00 e. The second-order valence-corrected chi connectivity index (χ2v) is 4.62. The summed E-state index contributed by atoms with van der Waals surface area (Å²) in [5.41, 5.74) is 0. The highest BCUT2D eigenvalue weighted by atomic mass is 127. The van der Waals surface area contributed by atoms with Gasteiger partial charge in [-0.25, -0.2) is 9.36 Å². The van der Waals surface area contributed by atoms with Crippen molar-refractivity contribution in [1.82, 2.24) is 9.47 Å². The van der Waals surface area contributed by atoms with Crippen molar-refractivity contribution in [2.45, 2.75) is 13.3 Å². The Morgan fingerprint density at radius 3 is 2.69 bits per heavy atom. The average molecular weight is 335 g/mol. The van der Waals surface area contributed by atoms with Crippen LogP contribution in [0.3, 0.4) is 0 Å². The molecule has 1 aliphatic carbocycles. The van der Waals surface area contributed by atoms with E-state index < -0.39 is 0 Å². The highest BCUT2D eigenvalue weighted by Crippen LogP contribution is 2.37. The molecule has 1 aromatic heterocycles. The van der Waals surface area contributed by atoms with Gasteiger partial charge in [-0.2, -0.15) is 4.57 Å². The molecule has 0 aliphatic heterocycles. The van der Waals surface area contributed by atoms with E-state index in [0.29, 0.717) is 5.92 Å². The van der Waals surface area contributed by atoms with Crippen LogP contribution in [-0.4, -0.2) is 29.1 Å². The number of rotatable bonds is 2. The van der Waals surface area contributed by atoms with E-state index in [4.69, 9.17) is 0 Å². The number of imidazole rings is 1. The van der Waals surface area contributed by atoms with E-state index in [-0.39, 0.29) is 30.0 Å². The fourth-order valence-corrected chi connectivity index (χ4v) is 1.84. The van der Waals surface area contributed by atoms with E-state index in [1.807, 2.05) is 24.9 Å². The van der Waals surface area contributed by atoms with Crippen LogP contribution in [0, 0.1) is 11.8 Å². The summed E-state index contributed by atoms with van der Waals surface area (Å²) < 4.78 is 3.48. The first-order chi connectivity index (χ1) is 7.08. The monoisotopic (exact) mass is 335 g/mol. The molecule has 2 atom stereocenters. The number of hydrogen-bond donors (Lipinski definition) is 0. The fourth-order valence-electron chi connectivity index (χ4n) is 1.84. The molecule has 0 N–H and O–H groups in total. The first-order valence-corrected chi connectivity index (χ1v) is 5.36. The SMILES string of the molecule is CC1CC1CN(C)C(=O)n1cc[n+](C)c1.[I-]. The first-order valence-electron chi connectivity index (χ1n) is 5.36. The molecule has 0 spiro atoms. The maximum atomic E-state index is 11.9. The van der Waals surface area contributed by atoms with Gasteiger partial charge < -0.3 is 28.9 Å². The van der Waals surface area contributed by atoms with Gasteiger partial charge in [0.1, 0.15) is 12.4 Å². The first kappa shape index (κ1) is 13.5. The third-order valence-electron chi connectivity index (χ3n) is 3.10. The summed E-state index contributed by atoms with van der Waals surface area (Å²) in [6, 6.07) is 0.0506. The molecule has 0 aromatic carbocycles. The van der Waals surface area contributed by atoms with E-state index in [1.165, 1.54) is 6.42 Å². The van der Waals surface area contributed by atoms with Crippen LogP contribution in [0.4, 0.5) is 4.79 Å². The van der Waals surface area contributed by atoms with Gasteiger partial charge >= 0.3 is 6.03 Å². The van der Waals surface area contributed by atoms with Crippen molar-refractivity contribution in [3.05, 3.63) is 18.7 Å². The molecule has 1 heterocycles. The molecule has 1 fully saturated rings. The minimum absolute atomic E-state index is 0. The van der Waals surface area contributed by atoms with Crippen molar-refractivity contribution in [1.29, 1.82) is 0 Å². The Hall–Kier alpha value is -0.590. The fraction of sp³-hybridized carbons (Fsp3) is 0.636. The zero-order valence-corrected chi connectivity index (χ0v) is 12.1. The second kappa shape index (κ2) is 5.16. The van der Waals surface area contributed by atoms with E-state index in [2.05, 4.69) is 6.92 Å². The van der Waals surface area contributed by atoms with Crippen LogP contribution in [0.1, 0.15) is 13.3 Å². The number of amides is 1. The van der Waals surface area contributed by atoms with Gasteiger partial charge in [0.25, 0.3) is 6.33 Å². The van der Waals surface area contributed by atoms with Crippen LogP contribution in [0.5, 0.6) is 0 Å². The average Bonchev–Trinajstić information content (AvgIpc) is 2.71. The Labute approximate surface area is 113 Å². The lowest BCUT2D eigenvalue weighted by molar-refractivity contribution is -0.670. The molecule has 1 aromatic rings. The van der Waals surface area contributed by atoms with Crippen LogP contribution in [0.2, 0.25) is 0 Å². The summed E-state index contributed by atoms with van der Waals surface area (Å²) in [4.78, 5) is 13.7. The topological polar surface area (TPSA) is 29.1 Å². The van der Waals surface area contributed by atoms with Gasteiger partial charge in [-0.3, -0.25) is 0 Å². The van der Waals surface area contributed by atoms with E-state index >= 15 is 0 Å². The van der Waals surface area contributed by atoms with Gasteiger partial charge in [-0.15, -0.1) is 0 Å². The number of carbonyl (C=O) groups excluding carboxylic acids is 1. The summed E-state index contributed by atoms with van der Waals surface area (Å²) in [6.07, 6.45) is 6.70. The van der Waals surface area contributed by atoms with Gasteiger partial charge in [0.15, 0.2) is 0 Å². The molecular formula is C11H18IN3O. The van der Waals surface area contributed by atoms with E-state index in [1.54, 1.807) is 22.0 Å². The molecule has 16 heavy (non-hydrogen) atoms. The molecular weight excluding hydrogens is 317 g/mol. The molecule has 1 aliphatic rings. The Kier molecular flexibility index (Phi) is 4.35. The quantitative estimate of drug-likeness (QED) is 0.449. The van der Waals surface area contributed by atoms with Crippen molar-refractivity contribution >= 4 is 6.03 Å². The molecule has 0 saturated heterocycles. The third-order valence-corrected chi connectivity index (χ3v) is 3.10. The van der Waals surface area contributed by atoms with Crippen LogP contribution in [-0.2, 0) is 7.05 Å². The number of halogens is 1. The van der Waals surface area contributed by atoms with Gasteiger partial charge in [-0.05, 0) is 18.3 Å². The number of aryl methyl sites for hydroxylation is 1. The van der Waals surface area contributed by atoms with Crippen LogP contribution in [0.25, 0.3) is 0 Å². The minimum atomic E-state index is 0. The predicted octanol–water partition coefficient (Wildman–Crippen LogP) is -2.13. The number of hydrogen-bond acceptors (Lipinski definition) is 1. The normalized spacial score (nSPS) is 22.4. The van der Waals surface area contributed by atoms with Crippen LogP contribution in [0.15, 0.2) is 18.7 Å². The highest BCUT2D eigenvalue weighted by molar-refractivity contribution is 5.76. The van der Waals surface area contributed by atoms with Gasteiger partial charge in [-0.1, -0.05) is 6.92 Å². The predicted molar refractivity (Wildman–Crippen MR) is 56.3 cm³/mol. The molecule has 1 amide bonds. The van der Waals surface area contributed by atoms with Crippen LogP contribution >= 0.6 is 0 Å². The maximum Gasteiger partial charge on any atom is 0.415 e. The molecule has 0 bridgehead atoms. The molecule has 90 valence electrons. The highest BCUT2D eigenvalue weighted by Gasteiger charge is 2.35. The minimum Gasteiger partial charge on any atom is -1.00 e. The molecule has 0 radical (unpaired) electrons. The lowest BCUT2D eigenvalue weighted by Crippen LogP contribution is -3.00. The van der Waals surface area contributed by atoms with Gasteiger partial charge in [0, 0.05) is 13.6 Å². The van der Waals surface area contributed by atoms with Gasteiger partial charge in [0.05, 0.1) is 7.05 Å². The molecule has 2 rings (SSSR count). The Bertz CT molecular complexity index is 377. The smallest absolute Gasteiger partial charge is 0.415 e. The zero-order valence-electron chi connectivity index (χ0n) is 9.93. The summed E-state index contributed by atoms with van der Waals surface area (Å²) >= 11 is 0. The summed E-state index contributed by atoms with van der Waals surface area (Å²) in [5, 5.41) is 0. The van der Waals surface area contributed by atoms with Crippen molar-refractivity contribution in [2.75, 3.05) is 13.6 Å². The van der Waals surface area contributed by atoms with E-state index in [0.717, 1.165) is 12.5 Å². The molecule has 1 saturated carbocycles. The van der Waals surface area contributed by atoms with Crippen LogP contribution < -0.4 is 28.5 Å². The zero-order chi connectivity index (χ0) is 11.0. The van der Waals surface area contributed by atoms with E-state index in [9.17, 15) is 4.79 Å². The molecule has 4 nitrogen and oxygen atoms in total. The maximum absolute atomic E-state index is 11.9. The standard InChI is InChI=1S/C11H18N3O.HI/c1-9-6-10(9)7-13(3)11(15)14-5-4-12(2)8-14;/h4-5,8-10H,6-7H2,1-3H3;1H/q+1;/p-1. The number of carbonyl (C=O) groups is 1. The number of aromatic nitrogens is 2. The molecule has 5 heteroatoms. The Morgan fingerprint density at radius 1 is 1.62 bits per heavy atom.